The second-order valence-corrected chi connectivity index (χ2v) is 7.41. The largest absolute Gasteiger partial charge is 0.355 e. The van der Waals surface area contributed by atoms with Crippen LogP contribution in [0.15, 0.2) is 65.2 Å². The molecule has 0 spiro atoms. The number of likely N-dealkylation sites (tertiary alicyclic amines) is 1. The number of hydrogen-bond acceptors (Lipinski definition) is 6. The molecule has 1 N–H and O–H groups in total. The van der Waals surface area contributed by atoms with Crippen LogP contribution in [0, 0.1) is 0 Å². The second-order valence-electron chi connectivity index (χ2n) is 7.41. The van der Waals surface area contributed by atoms with E-state index in [1.165, 1.54) is 0 Å². The van der Waals surface area contributed by atoms with E-state index >= 15 is 0 Å². The topological polar surface area (TPSA) is 101 Å². The Labute approximate surface area is 177 Å². The van der Waals surface area contributed by atoms with Gasteiger partial charge in [-0.2, -0.15) is 4.98 Å². The van der Waals surface area contributed by atoms with Crippen LogP contribution < -0.4 is 5.32 Å². The lowest BCUT2D eigenvalue weighted by molar-refractivity contribution is 0.0563. The minimum atomic E-state index is -0.180. The molecule has 2 amide bonds. The summed E-state index contributed by atoms with van der Waals surface area (Å²) in [5.41, 5.74) is 2.44. The molecule has 2 aromatic carbocycles. The summed E-state index contributed by atoms with van der Waals surface area (Å²) in [4.78, 5) is 35.3. The standard InChI is InChI=1S/C23H19N5O3/c1-24-21(29)16-7-4-6-15(11-16)20-26-22(31-27-20)17-12-28(13-17)23(30)19-10-9-14-5-2-3-8-18(14)25-19/h2-11,17H,12-13H2,1H3,(H,24,29). The number of amides is 2. The predicted octanol–water partition coefficient (Wildman–Crippen LogP) is 2.88. The lowest BCUT2D eigenvalue weighted by Gasteiger charge is -2.36. The molecule has 2 aromatic heterocycles. The third-order valence-electron chi connectivity index (χ3n) is 5.39. The first kappa shape index (κ1) is 18.9. The van der Waals surface area contributed by atoms with Crippen LogP contribution in [0.4, 0.5) is 0 Å². The lowest BCUT2D eigenvalue weighted by Crippen LogP contribution is -2.48. The summed E-state index contributed by atoms with van der Waals surface area (Å²) in [5.74, 6) is 0.589. The number of fused-ring (bicyclic) bond motifs is 1. The summed E-state index contributed by atoms with van der Waals surface area (Å²) in [6, 6.07) is 18.4. The van der Waals surface area contributed by atoms with Gasteiger partial charge in [-0.1, -0.05) is 41.6 Å². The maximum atomic E-state index is 12.8. The Morgan fingerprint density at radius 1 is 1.03 bits per heavy atom. The lowest BCUT2D eigenvalue weighted by atomic mass is 9.99. The zero-order valence-corrected chi connectivity index (χ0v) is 16.8. The van der Waals surface area contributed by atoms with Crippen LogP contribution in [-0.2, 0) is 0 Å². The van der Waals surface area contributed by atoms with Crippen LogP contribution in [0.5, 0.6) is 0 Å². The molecule has 154 valence electrons. The van der Waals surface area contributed by atoms with Crippen LogP contribution >= 0.6 is 0 Å². The van der Waals surface area contributed by atoms with Gasteiger partial charge in [0.25, 0.3) is 11.8 Å². The first-order valence-corrected chi connectivity index (χ1v) is 9.93. The van der Waals surface area contributed by atoms with Gasteiger partial charge in [0.15, 0.2) is 0 Å². The summed E-state index contributed by atoms with van der Waals surface area (Å²) in [7, 11) is 1.58. The van der Waals surface area contributed by atoms with Crippen molar-refractivity contribution in [1.29, 1.82) is 0 Å². The highest BCUT2D eigenvalue weighted by Gasteiger charge is 2.36. The van der Waals surface area contributed by atoms with Crippen LogP contribution in [0.3, 0.4) is 0 Å². The number of pyridine rings is 1. The third-order valence-corrected chi connectivity index (χ3v) is 5.39. The summed E-state index contributed by atoms with van der Waals surface area (Å²) in [6.45, 7) is 0.987. The van der Waals surface area contributed by atoms with Gasteiger partial charge in [-0.3, -0.25) is 9.59 Å². The van der Waals surface area contributed by atoms with E-state index in [0.717, 1.165) is 10.9 Å². The molecule has 8 nitrogen and oxygen atoms in total. The minimum Gasteiger partial charge on any atom is -0.355 e. The average molecular weight is 413 g/mol. The van der Waals surface area contributed by atoms with E-state index in [0.29, 0.717) is 41.6 Å². The van der Waals surface area contributed by atoms with Gasteiger partial charge in [0, 0.05) is 36.7 Å². The Morgan fingerprint density at radius 2 is 1.87 bits per heavy atom. The molecule has 1 aliphatic heterocycles. The van der Waals surface area contributed by atoms with E-state index in [-0.39, 0.29) is 17.7 Å². The Kier molecular flexibility index (Phi) is 4.66. The van der Waals surface area contributed by atoms with Gasteiger partial charge in [0.1, 0.15) is 5.69 Å². The third kappa shape index (κ3) is 3.52. The number of para-hydroxylation sites is 1. The number of aromatic nitrogens is 3. The SMILES string of the molecule is CNC(=O)c1cccc(-c2noc(C3CN(C(=O)c4ccc5ccccc5n4)C3)n2)c1. The maximum Gasteiger partial charge on any atom is 0.272 e. The predicted molar refractivity (Wildman–Crippen MR) is 114 cm³/mol. The molecule has 5 rings (SSSR count). The molecule has 0 radical (unpaired) electrons. The van der Waals surface area contributed by atoms with Crippen molar-refractivity contribution in [1.82, 2.24) is 25.3 Å². The summed E-state index contributed by atoms with van der Waals surface area (Å²) >= 11 is 0. The van der Waals surface area contributed by atoms with Gasteiger partial charge in [-0.25, -0.2) is 4.98 Å². The zero-order valence-electron chi connectivity index (χ0n) is 16.8. The number of benzene rings is 2. The van der Waals surface area contributed by atoms with Crippen molar-refractivity contribution in [3.8, 4) is 11.4 Å². The summed E-state index contributed by atoms with van der Waals surface area (Å²) in [6.07, 6.45) is 0. The molecular formula is C23H19N5O3. The monoisotopic (exact) mass is 413 g/mol. The van der Waals surface area contributed by atoms with E-state index < -0.39 is 0 Å². The second kappa shape index (κ2) is 7.64. The molecule has 1 saturated heterocycles. The highest BCUT2D eigenvalue weighted by molar-refractivity contribution is 5.96. The van der Waals surface area contributed by atoms with Gasteiger partial charge in [0.2, 0.25) is 11.7 Å². The average Bonchev–Trinajstić information content (AvgIpc) is 3.27. The smallest absolute Gasteiger partial charge is 0.272 e. The number of nitrogens with zero attached hydrogens (tertiary/aromatic N) is 4. The van der Waals surface area contributed by atoms with Crippen molar-refractivity contribution in [3.05, 3.63) is 77.8 Å². The normalized spacial score (nSPS) is 13.8. The van der Waals surface area contributed by atoms with E-state index in [1.54, 1.807) is 36.2 Å². The highest BCUT2D eigenvalue weighted by Crippen LogP contribution is 2.29. The molecule has 8 heteroatoms. The maximum absolute atomic E-state index is 12.8. The van der Waals surface area contributed by atoms with E-state index in [4.69, 9.17) is 4.52 Å². The Bertz CT molecular complexity index is 1290. The molecule has 3 heterocycles. The number of hydrogen-bond donors (Lipinski definition) is 1. The first-order chi connectivity index (χ1) is 15.1. The van der Waals surface area contributed by atoms with E-state index in [2.05, 4.69) is 20.4 Å². The summed E-state index contributed by atoms with van der Waals surface area (Å²) in [5, 5.41) is 7.64. The zero-order chi connectivity index (χ0) is 21.4. The van der Waals surface area contributed by atoms with Gasteiger partial charge in [-0.05, 0) is 24.3 Å². The Hall–Kier alpha value is -4.07. The Balaban J connectivity index is 1.27. The fraction of sp³-hybridized carbons (Fsp3) is 0.174. The minimum absolute atomic E-state index is 0.0206. The van der Waals surface area contributed by atoms with E-state index in [1.807, 2.05) is 36.4 Å². The van der Waals surface area contributed by atoms with Gasteiger partial charge < -0.3 is 14.7 Å². The fourth-order valence-corrected chi connectivity index (χ4v) is 3.61. The Morgan fingerprint density at radius 3 is 2.71 bits per heavy atom. The summed E-state index contributed by atoms with van der Waals surface area (Å²) < 4.78 is 5.43. The van der Waals surface area contributed by atoms with Crippen LogP contribution in [0.2, 0.25) is 0 Å². The molecule has 31 heavy (non-hydrogen) atoms. The molecule has 0 bridgehead atoms. The molecule has 4 aromatic rings. The molecule has 1 fully saturated rings. The van der Waals surface area contributed by atoms with Crippen molar-refractivity contribution in [2.75, 3.05) is 20.1 Å². The van der Waals surface area contributed by atoms with Crippen LogP contribution in [0.1, 0.15) is 32.7 Å². The van der Waals surface area contributed by atoms with Gasteiger partial charge >= 0.3 is 0 Å². The first-order valence-electron chi connectivity index (χ1n) is 9.93. The molecule has 0 atom stereocenters. The molecular weight excluding hydrogens is 394 g/mol. The van der Waals surface area contributed by atoms with Crippen molar-refractivity contribution in [2.24, 2.45) is 0 Å². The van der Waals surface area contributed by atoms with Gasteiger partial charge in [-0.15, -0.1) is 0 Å². The van der Waals surface area contributed by atoms with Crippen LogP contribution in [0.25, 0.3) is 22.3 Å². The number of carbonyl (C=O) groups excluding carboxylic acids is 2. The fourth-order valence-electron chi connectivity index (χ4n) is 3.61. The quantitative estimate of drug-likeness (QED) is 0.552. The number of nitrogens with one attached hydrogen (secondary N) is 1. The van der Waals surface area contributed by atoms with Crippen molar-refractivity contribution >= 4 is 22.7 Å². The number of rotatable bonds is 4. The molecule has 0 aliphatic carbocycles. The van der Waals surface area contributed by atoms with Crippen LogP contribution in [-0.4, -0.2) is 52.0 Å². The number of carbonyl (C=O) groups is 2. The highest BCUT2D eigenvalue weighted by atomic mass is 16.5. The molecule has 0 unspecified atom stereocenters. The van der Waals surface area contributed by atoms with Crippen molar-refractivity contribution < 1.29 is 14.1 Å². The van der Waals surface area contributed by atoms with Gasteiger partial charge in [0.05, 0.1) is 11.4 Å². The van der Waals surface area contributed by atoms with E-state index in [9.17, 15) is 9.59 Å². The molecule has 0 saturated carbocycles. The van der Waals surface area contributed by atoms with Crippen molar-refractivity contribution in [2.45, 2.75) is 5.92 Å². The van der Waals surface area contributed by atoms with Crippen molar-refractivity contribution in [3.63, 3.8) is 0 Å². The molecule has 1 aliphatic rings.